The number of amides is 1. The van der Waals surface area contributed by atoms with Crippen molar-refractivity contribution in [3.05, 3.63) is 71.0 Å². The third kappa shape index (κ3) is 4.24. The largest absolute Gasteiger partial charge is 0.416 e. The van der Waals surface area contributed by atoms with Gasteiger partial charge < -0.3 is 0 Å². The Balaban J connectivity index is 1.64. The molecular formula is C18H14F4N2OS. The molecule has 1 aliphatic rings. The van der Waals surface area contributed by atoms with Crippen LogP contribution < -0.4 is 0 Å². The van der Waals surface area contributed by atoms with Crippen molar-refractivity contribution in [2.24, 2.45) is 4.99 Å². The molecule has 0 aliphatic carbocycles. The van der Waals surface area contributed by atoms with Crippen LogP contribution in [-0.4, -0.2) is 29.1 Å². The zero-order valence-electron chi connectivity index (χ0n) is 13.5. The Labute approximate surface area is 151 Å². The highest BCUT2D eigenvalue weighted by atomic mass is 32.2. The van der Waals surface area contributed by atoms with E-state index in [0.717, 1.165) is 12.1 Å². The average Bonchev–Trinajstić information content (AvgIpc) is 3.08. The van der Waals surface area contributed by atoms with Crippen LogP contribution in [0.2, 0.25) is 0 Å². The average molecular weight is 382 g/mol. The van der Waals surface area contributed by atoms with Gasteiger partial charge in [0.25, 0.3) is 5.91 Å². The number of hydrogen-bond donors (Lipinski definition) is 0. The van der Waals surface area contributed by atoms with E-state index in [4.69, 9.17) is 0 Å². The summed E-state index contributed by atoms with van der Waals surface area (Å²) in [5, 5.41) is 0.513. The summed E-state index contributed by atoms with van der Waals surface area (Å²) in [5.41, 5.74) is 0.362. The second-order valence-corrected chi connectivity index (χ2v) is 6.55. The SMILES string of the molecule is O=C(c1ccc(F)cc1)N1CCN=C1SCc1ccc(C(F)(F)F)cc1. The van der Waals surface area contributed by atoms with Crippen LogP contribution in [0.15, 0.2) is 53.5 Å². The van der Waals surface area contributed by atoms with Crippen LogP contribution in [0.25, 0.3) is 0 Å². The van der Waals surface area contributed by atoms with Crippen molar-refractivity contribution in [3.8, 4) is 0 Å². The quantitative estimate of drug-likeness (QED) is 0.728. The fourth-order valence-corrected chi connectivity index (χ4v) is 3.43. The maximum Gasteiger partial charge on any atom is 0.416 e. The van der Waals surface area contributed by atoms with Gasteiger partial charge in [0.2, 0.25) is 0 Å². The zero-order chi connectivity index (χ0) is 18.7. The van der Waals surface area contributed by atoms with Crippen molar-refractivity contribution >= 4 is 22.8 Å². The molecule has 1 heterocycles. The van der Waals surface area contributed by atoms with Crippen LogP contribution in [0.1, 0.15) is 21.5 Å². The van der Waals surface area contributed by atoms with E-state index in [1.54, 1.807) is 0 Å². The minimum Gasteiger partial charge on any atom is -0.286 e. The lowest BCUT2D eigenvalue weighted by molar-refractivity contribution is -0.137. The van der Waals surface area contributed by atoms with E-state index in [2.05, 4.69) is 4.99 Å². The lowest BCUT2D eigenvalue weighted by Gasteiger charge is -2.18. The first-order valence-electron chi connectivity index (χ1n) is 7.75. The number of nitrogens with zero attached hydrogens (tertiary/aromatic N) is 2. The first-order valence-corrected chi connectivity index (χ1v) is 8.74. The Morgan fingerprint density at radius 1 is 1.08 bits per heavy atom. The molecule has 0 aromatic heterocycles. The molecular weight excluding hydrogens is 368 g/mol. The predicted octanol–water partition coefficient (Wildman–Crippen LogP) is 4.59. The van der Waals surface area contributed by atoms with Gasteiger partial charge in [-0.05, 0) is 42.0 Å². The molecule has 8 heteroatoms. The van der Waals surface area contributed by atoms with Crippen molar-refractivity contribution in [3.63, 3.8) is 0 Å². The number of carbonyl (C=O) groups is 1. The van der Waals surface area contributed by atoms with E-state index >= 15 is 0 Å². The van der Waals surface area contributed by atoms with Crippen LogP contribution in [0.3, 0.4) is 0 Å². The van der Waals surface area contributed by atoms with Gasteiger partial charge in [0.15, 0.2) is 5.17 Å². The Morgan fingerprint density at radius 2 is 1.73 bits per heavy atom. The summed E-state index contributed by atoms with van der Waals surface area (Å²) in [4.78, 5) is 18.3. The molecule has 0 radical (unpaired) electrons. The second kappa shape index (κ2) is 7.49. The highest BCUT2D eigenvalue weighted by molar-refractivity contribution is 8.13. The van der Waals surface area contributed by atoms with Gasteiger partial charge in [-0.2, -0.15) is 13.2 Å². The topological polar surface area (TPSA) is 32.7 Å². The number of thioether (sulfide) groups is 1. The number of amidine groups is 1. The van der Waals surface area contributed by atoms with E-state index in [-0.39, 0.29) is 5.91 Å². The molecule has 0 N–H and O–H groups in total. The molecule has 0 bridgehead atoms. The molecule has 136 valence electrons. The van der Waals surface area contributed by atoms with E-state index < -0.39 is 17.6 Å². The van der Waals surface area contributed by atoms with E-state index in [9.17, 15) is 22.4 Å². The standard InChI is InChI=1S/C18H14F4N2OS/c19-15-7-3-13(4-8-15)16(25)24-10-9-23-17(24)26-11-12-1-5-14(6-2-12)18(20,21)22/h1-8H,9-11H2. The van der Waals surface area contributed by atoms with Gasteiger partial charge in [0.1, 0.15) is 5.82 Å². The van der Waals surface area contributed by atoms with Crippen LogP contribution >= 0.6 is 11.8 Å². The van der Waals surface area contributed by atoms with Crippen molar-refractivity contribution in [2.75, 3.05) is 13.1 Å². The third-order valence-electron chi connectivity index (χ3n) is 3.79. The molecule has 3 rings (SSSR count). The molecule has 3 nitrogen and oxygen atoms in total. The summed E-state index contributed by atoms with van der Waals surface area (Å²) in [6.07, 6.45) is -4.36. The number of halogens is 4. The molecule has 1 amide bonds. The fourth-order valence-electron chi connectivity index (χ4n) is 2.42. The van der Waals surface area contributed by atoms with E-state index in [1.165, 1.54) is 53.1 Å². The number of aliphatic imine (C=N–C) groups is 1. The minimum atomic E-state index is -4.36. The Kier molecular flexibility index (Phi) is 5.31. The van der Waals surface area contributed by atoms with Gasteiger partial charge in [-0.1, -0.05) is 23.9 Å². The summed E-state index contributed by atoms with van der Waals surface area (Å²) < 4.78 is 50.7. The van der Waals surface area contributed by atoms with Crippen LogP contribution in [0.4, 0.5) is 17.6 Å². The predicted molar refractivity (Wildman–Crippen MR) is 92.5 cm³/mol. The smallest absolute Gasteiger partial charge is 0.286 e. The Morgan fingerprint density at radius 3 is 2.35 bits per heavy atom. The van der Waals surface area contributed by atoms with Crippen molar-refractivity contribution in [1.82, 2.24) is 4.90 Å². The molecule has 0 atom stereocenters. The highest BCUT2D eigenvalue weighted by Crippen LogP contribution is 2.30. The van der Waals surface area contributed by atoms with Crippen molar-refractivity contribution in [2.45, 2.75) is 11.9 Å². The van der Waals surface area contributed by atoms with Gasteiger partial charge in [0.05, 0.1) is 12.1 Å². The van der Waals surface area contributed by atoms with E-state index in [0.29, 0.717) is 35.1 Å². The number of hydrogen-bond acceptors (Lipinski definition) is 3. The van der Waals surface area contributed by atoms with Gasteiger partial charge in [-0.3, -0.25) is 14.7 Å². The Bertz CT molecular complexity index is 817. The summed E-state index contributed by atoms with van der Waals surface area (Å²) in [5.74, 6) is -0.306. The van der Waals surface area contributed by atoms with Crippen molar-refractivity contribution < 1.29 is 22.4 Å². The summed E-state index contributed by atoms with van der Waals surface area (Å²) >= 11 is 1.28. The molecule has 0 fully saturated rings. The lowest BCUT2D eigenvalue weighted by Crippen LogP contribution is -2.32. The minimum absolute atomic E-state index is 0.277. The monoisotopic (exact) mass is 382 g/mol. The van der Waals surface area contributed by atoms with E-state index in [1.807, 2.05) is 0 Å². The molecule has 0 unspecified atom stereocenters. The highest BCUT2D eigenvalue weighted by Gasteiger charge is 2.30. The van der Waals surface area contributed by atoms with Gasteiger partial charge in [0, 0.05) is 17.9 Å². The summed E-state index contributed by atoms with van der Waals surface area (Å²) in [7, 11) is 0. The fraction of sp³-hybridized carbons (Fsp3) is 0.222. The zero-order valence-corrected chi connectivity index (χ0v) is 14.3. The first kappa shape index (κ1) is 18.4. The maximum absolute atomic E-state index is 13.0. The third-order valence-corrected chi connectivity index (χ3v) is 4.87. The molecule has 0 saturated carbocycles. The van der Waals surface area contributed by atoms with Crippen LogP contribution in [0.5, 0.6) is 0 Å². The molecule has 1 aliphatic heterocycles. The number of benzene rings is 2. The van der Waals surface area contributed by atoms with Crippen LogP contribution in [0, 0.1) is 5.82 Å². The first-order chi connectivity index (χ1) is 12.3. The molecule has 0 spiro atoms. The van der Waals surface area contributed by atoms with Gasteiger partial charge in [-0.25, -0.2) is 4.39 Å². The maximum atomic E-state index is 13.0. The lowest BCUT2D eigenvalue weighted by atomic mass is 10.1. The van der Waals surface area contributed by atoms with Gasteiger partial charge in [-0.15, -0.1) is 0 Å². The number of rotatable bonds is 3. The molecule has 26 heavy (non-hydrogen) atoms. The normalized spacial score (nSPS) is 14.5. The number of carbonyl (C=O) groups excluding carboxylic acids is 1. The van der Waals surface area contributed by atoms with Crippen molar-refractivity contribution in [1.29, 1.82) is 0 Å². The Hall–Kier alpha value is -2.35. The summed E-state index contributed by atoms with van der Waals surface area (Å²) in [6, 6.07) is 10.2. The second-order valence-electron chi connectivity index (χ2n) is 5.61. The molecule has 2 aromatic rings. The van der Waals surface area contributed by atoms with Crippen LogP contribution in [-0.2, 0) is 11.9 Å². The molecule has 2 aromatic carbocycles. The van der Waals surface area contributed by atoms with Gasteiger partial charge >= 0.3 is 6.18 Å². The molecule has 0 saturated heterocycles. The number of alkyl halides is 3. The summed E-state index contributed by atoms with van der Waals surface area (Å²) in [6.45, 7) is 0.883.